The fourth-order valence-electron chi connectivity index (χ4n) is 5.17. The maximum absolute atomic E-state index is 15.3. The average molecular weight is 494 g/mol. The molecule has 0 nitrogen and oxygen atoms in total. The number of hydrogen-bond donors (Lipinski definition) is 0. The number of hydrogen-bond acceptors (Lipinski definition) is 0. The Labute approximate surface area is 199 Å². The Morgan fingerprint density at radius 1 is 0.686 bits per heavy atom. The van der Waals surface area contributed by atoms with E-state index in [1.807, 2.05) is 0 Å². The zero-order chi connectivity index (χ0) is 25.3. The highest BCUT2D eigenvalue weighted by Crippen LogP contribution is 2.46. The summed E-state index contributed by atoms with van der Waals surface area (Å²) >= 11 is 0. The van der Waals surface area contributed by atoms with Crippen LogP contribution in [0.5, 0.6) is 0 Å². The number of unbranched alkanes of at least 4 members (excludes halogenated alkanes) is 1. The summed E-state index contributed by atoms with van der Waals surface area (Å²) in [6, 6.07) is 7.85. The predicted octanol–water partition coefficient (Wildman–Crippen LogP) is 9.46. The predicted molar refractivity (Wildman–Crippen MR) is 121 cm³/mol. The van der Waals surface area contributed by atoms with Crippen molar-refractivity contribution in [2.75, 3.05) is 0 Å². The molecule has 1 saturated carbocycles. The third-order valence-electron chi connectivity index (χ3n) is 7.01. The van der Waals surface area contributed by atoms with Gasteiger partial charge in [-0.2, -0.15) is 0 Å². The Morgan fingerprint density at radius 3 is 1.91 bits per heavy atom. The molecule has 0 saturated heterocycles. The summed E-state index contributed by atoms with van der Waals surface area (Å²) in [5.74, 6) is -12.6. The third kappa shape index (κ3) is 4.69. The topological polar surface area (TPSA) is 0 Å². The van der Waals surface area contributed by atoms with Gasteiger partial charge in [-0.25, -0.2) is 30.7 Å². The Balaban J connectivity index is 1.85. The zero-order valence-electron chi connectivity index (χ0n) is 19.2. The number of rotatable bonds is 6. The molecule has 0 unspecified atom stereocenters. The normalized spacial score (nSPS) is 18.2. The van der Waals surface area contributed by atoms with Gasteiger partial charge in [-0.3, -0.25) is 0 Å². The number of benzene rings is 3. The van der Waals surface area contributed by atoms with Gasteiger partial charge in [0, 0.05) is 16.7 Å². The summed E-state index contributed by atoms with van der Waals surface area (Å²) in [5.41, 5.74) is -3.16. The van der Waals surface area contributed by atoms with Crippen LogP contribution in [0.25, 0.3) is 22.3 Å². The van der Waals surface area contributed by atoms with Crippen LogP contribution in [0.2, 0.25) is 0 Å². The van der Waals surface area contributed by atoms with E-state index in [-0.39, 0.29) is 5.56 Å². The van der Waals surface area contributed by atoms with E-state index in [4.69, 9.17) is 0 Å². The molecule has 186 valence electrons. The zero-order valence-corrected chi connectivity index (χ0v) is 19.2. The Morgan fingerprint density at radius 2 is 1.29 bits per heavy atom. The van der Waals surface area contributed by atoms with Gasteiger partial charge < -0.3 is 0 Å². The molecular formula is C28H25F7. The first kappa shape index (κ1) is 25.3. The molecule has 0 spiro atoms. The second kappa shape index (κ2) is 10.4. The average Bonchev–Trinajstić information content (AvgIpc) is 2.87. The van der Waals surface area contributed by atoms with Crippen molar-refractivity contribution in [2.24, 2.45) is 5.92 Å². The molecule has 0 heterocycles. The van der Waals surface area contributed by atoms with Gasteiger partial charge >= 0.3 is 0 Å². The van der Waals surface area contributed by atoms with E-state index in [0.717, 1.165) is 19.3 Å². The summed E-state index contributed by atoms with van der Waals surface area (Å²) < 4.78 is 104. The summed E-state index contributed by atoms with van der Waals surface area (Å²) in [4.78, 5) is 0. The molecule has 1 aliphatic carbocycles. The summed E-state index contributed by atoms with van der Waals surface area (Å²) in [6.45, 7) is 2.06. The van der Waals surface area contributed by atoms with E-state index in [1.165, 1.54) is 24.3 Å². The monoisotopic (exact) mass is 494 g/mol. The fourth-order valence-corrected chi connectivity index (χ4v) is 5.17. The van der Waals surface area contributed by atoms with Crippen LogP contribution in [0, 0.1) is 46.6 Å². The van der Waals surface area contributed by atoms with E-state index in [9.17, 15) is 8.78 Å². The van der Waals surface area contributed by atoms with E-state index in [0.29, 0.717) is 37.7 Å². The molecule has 4 rings (SSSR count). The van der Waals surface area contributed by atoms with Crippen LogP contribution in [0.3, 0.4) is 0 Å². The molecule has 1 fully saturated rings. The van der Waals surface area contributed by atoms with Gasteiger partial charge in [0.05, 0.1) is 5.56 Å². The second-order valence-corrected chi connectivity index (χ2v) is 9.18. The molecule has 0 aliphatic heterocycles. The van der Waals surface area contributed by atoms with Crippen molar-refractivity contribution in [3.63, 3.8) is 0 Å². The smallest absolute Gasteiger partial charge is 0.198 e. The molecule has 0 radical (unpaired) electrons. The second-order valence-electron chi connectivity index (χ2n) is 9.18. The fraction of sp³-hybridized carbons (Fsp3) is 0.357. The molecule has 3 aromatic carbocycles. The maximum atomic E-state index is 15.3. The van der Waals surface area contributed by atoms with Crippen molar-refractivity contribution in [2.45, 2.75) is 57.8 Å². The quantitative estimate of drug-likeness (QED) is 0.182. The molecular weight excluding hydrogens is 469 g/mol. The van der Waals surface area contributed by atoms with Gasteiger partial charge in [0.15, 0.2) is 34.9 Å². The van der Waals surface area contributed by atoms with Crippen LogP contribution < -0.4 is 0 Å². The molecule has 0 bridgehead atoms. The van der Waals surface area contributed by atoms with Crippen molar-refractivity contribution in [1.82, 2.24) is 0 Å². The molecule has 0 atom stereocenters. The van der Waals surface area contributed by atoms with Gasteiger partial charge in [0.1, 0.15) is 5.82 Å². The summed E-state index contributed by atoms with van der Waals surface area (Å²) in [6.07, 6.45) is 5.01. The molecule has 0 aromatic heterocycles. The van der Waals surface area contributed by atoms with Crippen LogP contribution >= 0.6 is 0 Å². The highest BCUT2D eigenvalue weighted by Gasteiger charge is 2.35. The van der Waals surface area contributed by atoms with Gasteiger partial charge in [0.2, 0.25) is 0 Å². The van der Waals surface area contributed by atoms with Crippen LogP contribution in [0.4, 0.5) is 30.7 Å². The first-order valence-electron chi connectivity index (χ1n) is 11.8. The van der Waals surface area contributed by atoms with Crippen molar-refractivity contribution in [3.8, 4) is 22.3 Å². The van der Waals surface area contributed by atoms with Gasteiger partial charge in [-0.1, -0.05) is 56.5 Å². The minimum Gasteiger partial charge on any atom is -0.206 e. The first-order valence-corrected chi connectivity index (χ1v) is 11.8. The standard InChI is InChI=1S/C28H25F7/c1-2-3-7-15-10-12-17(13-11-15)21-22(26(33)28(35)27(34)25(21)32)18-14-19(29)20(24(31)23(18)30)16-8-5-4-6-9-16/h4-6,8-9,14-15,17H,2-3,7,10-13H2,1H3. The third-order valence-corrected chi connectivity index (χ3v) is 7.01. The Hall–Kier alpha value is -2.83. The van der Waals surface area contributed by atoms with Crippen LogP contribution in [0.15, 0.2) is 36.4 Å². The summed E-state index contributed by atoms with van der Waals surface area (Å²) in [7, 11) is 0. The van der Waals surface area contributed by atoms with Gasteiger partial charge in [0.25, 0.3) is 0 Å². The Bertz CT molecular complexity index is 1210. The highest BCUT2D eigenvalue weighted by atomic mass is 19.2. The molecule has 35 heavy (non-hydrogen) atoms. The first-order chi connectivity index (χ1) is 16.8. The lowest BCUT2D eigenvalue weighted by atomic mass is 9.75. The van der Waals surface area contributed by atoms with E-state index in [1.54, 1.807) is 6.07 Å². The van der Waals surface area contributed by atoms with E-state index >= 15 is 22.0 Å². The Kier molecular flexibility index (Phi) is 7.53. The highest BCUT2D eigenvalue weighted by molar-refractivity contribution is 5.75. The van der Waals surface area contributed by atoms with Gasteiger partial charge in [-0.05, 0) is 49.1 Å². The van der Waals surface area contributed by atoms with E-state index < -0.39 is 68.9 Å². The van der Waals surface area contributed by atoms with E-state index in [2.05, 4.69) is 6.92 Å². The molecule has 0 amide bonds. The van der Waals surface area contributed by atoms with Crippen molar-refractivity contribution < 1.29 is 30.7 Å². The maximum Gasteiger partial charge on any atom is 0.198 e. The summed E-state index contributed by atoms with van der Waals surface area (Å²) in [5, 5.41) is 0. The lowest BCUT2D eigenvalue weighted by molar-refractivity contribution is 0.297. The SMILES string of the molecule is CCCCC1CCC(c2c(F)c(F)c(F)c(F)c2-c2cc(F)c(-c3ccccc3)c(F)c2F)CC1. The molecule has 3 aromatic rings. The number of halogens is 7. The van der Waals surface area contributed by atoms with Crippen molar-refractivity contribution >= 4 is 0 Å². The van der Waals surface area contributed by atoms with Crippen molar-refractivity contribution in [1.29, 1.82) is 0 Å². The lowest BCUT2D eigenvalue weighted by Gasteiger charge is -2.30. The molecule has 1 aliphatic rings. The molecule has 7 heteroatoms. The largest absolute Gasteiger partial charge is 0.206 e. The van der Waals surface area contributed by atoms with Crippen LogP contribution in [-0.4, -0.2) is 0 Å². The van der Waals surface area contributed by atoms with Crippen LogP contribution in [0.1, 0.15) is 63.4 Å². The van der Waals surface area contributed by atoms with Crippen LogP contribution in [-0.2, 0) is 0 Å². The van der Waals surface area contributed by atoms with Crippen molar-refractivity contribution in [3.05, 3.63) is 82.7 Å². The molecule has 0 N–H and O–H groups in total. The minimum atomic E-state index is -2.15. The minimum absolute atomic E-state index is 0.0375. The lowest BCUT2D eigenvalue weighted by Crippen LogP contribution is -2.18. The van der Waals surface area contributed by atoms with Gasteiger partial charge in [-0.15, -0.1) is 0 Å².